The fraction of sp³-hybridized carbons (Fsp3) is 0.600. The molecule has 20 heavy (non-hydrogen) atoms. The van der Waals surface area contributed by atoms with Crippen LogP contribution in [0.5, 0.6) is 0 Å². The zero-order chi connectivity index (χ0) is 14.6. The van der Waals surface area contributed by atoms with Crippen molar-refractivity contribution in [2.24, 2.45) is 0 Å². The van der Waals surface area contributed by atoms with E-state index < -0.39 is 11.7 Å². The first-order valence-electron chi connectivity index (χ1n) is 7.08. The van der Waals surface area contributed by atoms with Crippen LogP contribution < -0.4 is 10.6 Å². The fourth-order valence-electron chi connectivity index (χ4n) is 2.03. The van der Waals surface area contributed by atoms with Crippen LogP contribution >= 0.6 is 0 Å². The van der Waals surface area contributed by atoms with E-state index in [-0.39, 0.29) is 0 Å². The summed E-state index contributed by atoms with van der Waals surface area (Å²) in [5, 5.41) is 6.82. The number of benzene rings is 1. The normalized spacial score (nSPS) is 17.2. The van der Waals surface area contributed by atoms with Gasteiger partial charge in [-0.1, -0.05) is 12.1 Å². The van der Waals surface area contributed by atoms with Crippen LogP contribution in [0.15, 0.2) is 24.3 Å². The van der Waals surface area contributed by atoms with Crippen LogP contribution in [0.2, 0.25) is 0 Å². The van der Waals surface area contributed by atoms with Crippen LogP contribution in [0.3, 0.4) is 0 Å². The summed E-state index contributed by atoms with van der Waals surface area (Å²) in [7, 11) is 0. The Kier molecular flexibility index (Phi) is 5.05. The minimum Gasteiger partial charge on any atom is -0.313 e. The molecule has 1 aromatic rings. The molecule has 1 aliphatic carbocycles. The molecule has 1 aliphatic rings. The van der Waals surface area contributed by atoms with Gasteiger partial charge in [-0.25, -0.2) is 0 Å². The Morgan fingerprint density at radius 1 is 1.20 bits per heavy atom. The van der Waals surface area contributed by atoms with Gasteiger partial charge in [0.1, 0.15) is 0 Å². The summed E-state index contributed by atoms with van der Waals surface area (Å²) in [5.74, 6) is 0. The van der Waals surface area contributed by atoms with Gasteiger partial charge in [-0.15, -0.1) is 0 Å². The van der Waals surface area contributed by atoms with Crippen LogP contribution in [-0.2, 0) is 12.6 Å². The van der Waals surface area contributed by atoms with E-state index >= 15 is 0 Å². The second kappa shape index (κ2) is 6.59. The lowest BCUT2D eigenvalue weighted by Crippen LogP contribution is -2.38. The van der Waals surface area contributed by atoms with Gasteiger partial charge in [0.15, 0.2) is 0 Å². The zero-order valence-electron chi connectivity index (χ0n) is 11.6. The monoisotopic (exact) mass is 286 g/mol. The minimum atomic E-state index is -4.25. The molecule has 0 radical (unpaired) electrons. The van der Waals surface area contributed by atoms with Crippen molar-refractivity contribution in [3.8, 4) is 0 Å². The summed E-state index contributed by atoms with van der Waals surface area (Å²) in [6.45, 7) is 3.83. The molecule has 0 aromatic heterocycles. The molecular weight excluding hydrogens is 265 g/mol. The third-order valence-electron chi connectivity index (χ3n) is 3.48. The predicted molar refractivity (Wildman–Crippen MR) is 73.6 cm³/mol. The maximum atomic E-state index is 12.4. The SMILES string of the molecule is CC(CNC1CC1)NCCc1ccc(C(F)(F)F)cc1. The molecule has 1 atom stereocenters. The molecule has 1 aromatic carbocycles. The van der Waals surface area contributed by atoms with Crippen LogP contribution in [-0.4, -0.2) is 25.2 Å². The average molecular weight is 286 g/mol. The van der Waals surface area contributed by atoms with Gasteiger partial charge in [0.25, 0.3) is 0 Å². The van der Waals surface area contributed by atoms with Crippen molar-refractivity contribution in [1.29, 1.82) is 0 Å². The van der Waals surface area contributed by atoms with Gasteiger partial charge in [0, 0.05) is 18.6 Å². The van der Waals surface area contributed by atoms with Gasteiger partial charge in [0.2, 0.25) is 0 Å². The molecule has 1 unspecified atom stereocenters. The lowest BCUT2D eigenvalue weighted by atomic mass is 10.1. The molecule has 1 fully saturated rings. The number of rotatable bonds is 7. The van der Waals surface area contributed by atoms with E-state index in [1.54, 1.807) is 12.1 Å². The lowest BCUT2D eigenvalue weighted by molar-refractivity contribution is -0.137. The van der Waals surface area contributed by atoms with Crippen molar-refractivity contribution >= 4 is 0 Å². The number of hydrogen-bond donors (Lipinski definition) is 2. The number of halogens is 3. The maximum absolute atomic E-state index is 12.4. The highest BCUT2D eigenvalue weighted by Crippen LogP contribution is 2.29. The molecule has 1 saturated carbocycles. The van der Waals surface area contributed by atoms with Gasteiger partial charge in [-0.3, -0.25) is 0 Å². The van der Waals surface area contributed by atoms with Crippen molar-refractivity contribution in [2.45, 2.75) is 44.4 Å². The number of nitrogens with one attached hydrogen (secondary N) is 2. The standard InChI is InChI=1S/C15H21F3N2/c1-11(10-20-14-6-7-14)19-9-8-12-2-4-13(5-3-12)15(16,17)18/h2-5,11,14,19-20H,6-10H2,1H3. The average Bonchev–Trinajstić information content (AvgIpc) is 3.20. The Bertz CT molecular complexity index is 410. The van der Waals surface area contributed by atoms with E-state index in [1.807, 2.05) is 0 Å². The molecule has 0 bridgehead atoms. The Labute approximate surface area is 117 Å². The fourth-order valence-corrected chi connectivity index (χ4v) is 2.03. The molecule has 0 heterocycles. The molecule has 0 aliphatic heterocycles. The first-order chi connectivity index (χ1) is 9.45. The highest BCUT2D eigenvalue weighted by Gasteiger charge is 2.29. The van der Waals surface area contributed by atoms with Crippen molar-refractivity contribution in [3.63, 3.8) is 0 Å². The van der Waals surface area contributed by atoms with E-state index in [1.165, 1.54) is 12.8 Å². The molecule has 2 nitrogen and oxygen atoms in total. The zero-order valence-corrected chi connectivity index (χ0v) is 11.6. The first kappa shape index (κ1) is 15.3. The van der Waals surface area contributed by atoms with Crippen LogP contribution in [0.4, 0.5) is 13.2 Å². The second-order valence-electron chi connectivity index (χ2n) is 5.48. The van der Waals surface area contributed by atoms with Gasteiger partial charge < -0.3 is 10.6 Å². The Hall–Kier alpha value is -1.07. The summed E-state index contributed by atoms with van der Waals surface area (Å²) >= 11 is 0. The molecule has 2 N–H and O–H groups in total. The Morgan fingerprint density at radius 2 is 1.85 bits per heavy atom. The molecule has 0 spiro atoms. The topological polar surface area (TPSA) is 24.1 Å². The van der Waals surface area contributed by atoms with Gasteiger partial charge in [-0.2, -0.15) is 13.2 Å². The summed E-state index contributed by atoms with van der Waals surface area (Å²) in [6.07, 6.45) is -0.956. The summed E-state index contributed by atoms with van der Waals surface area (Å²) in [6, 6.07) is 6.48. The van der Waals surface area contributed by atoms with Gasteiger partial charge in [0.05, 0.1) is 5.56 Å². The van der Waals surface area contributed by atoms with Crippen molar-refractivity contribution < 1.29 is 13.2 Å². The summed E-state index contributed by atoms with van der Waals surface area (Å²) in [4.78, 5) is 0. The minimum absolute atomic E-state index is 0.380. The third-order valence-corrected chi connectivity index (χ3v) is 3.48. The number of alkyl halides is 3. The Balaban J connectivity index is 1.68. The summed E-state index contributed by atoms with van der Waals surface area (Å²) < 4.78 is 37.2. The highest BCUT2D eigenvalue weighted by atomic mass is 19.4. The summed E-state index contributed by atoms with van der Waals surface area (Å²) in [5.41, 5.74) is 0.337. The lowest BCUT2D eigenvalue weighted by Gasteiger charge is -2.14. The number of hydrogen-bond acceptors (Lipinski definition) is 2. The Morgan fingerprint density at radius 3 is 2.40 bits per heavy atom. The smallest absolute Gasteiger partial charge is 0.313 e. The van der Waals surface area contributed by atoms with E-state index in [2.05, 4.69) is 17.6 Å². The molecular formula is C15H21F3N2. The highest BCUT2D eigenvalue weighted by molar-refractivity contribution is 5.24. The molecule has 0 saturated heterocycles. The van der Waals surface area contributed by atoms with Crippen molar-refractivity contribution in [1.82, 2.24) is 10.6 Å². The molecule has 112 valence electrons. The van der Waals surface area contributed by atoms with Gasteiger partial charge >= 0.3 is 6.18 Å². The van der Waals surface area contributed by atoms with E-state index in [4.69, 9.17) is 0 Å². The van der Waals surface area contributed by atoms with Crippen molar-refractivity contribution in [2.75, 3.05) is 13.1 Å². The van der Waals surface area contributed by atoms with Gasteiger partial charge in [-0.05, 0) is 50.4 Å². The van der Waals surface area contributed by atoms with E-state index in [0.717, 1.165) is 37.2 Å². The van der Waals surface area contributed by atoms with E-state index in [9.17, 15) is 13.2 Å². The molecule has 2 rings (SSSR count). The van der Waals surface area contributed by atoms with Crippen LogP contribution in [0.25, 0.3) is 0 Å². The molecule has 5 heteroatoms. The van der Waals surface area contributed by atoms with E-state index in [0.29, 0.717) is 12.1 Å². The first-order valence-corrected chi connectivity index (χ1v) is 7.08. The second-order valence-corrected chi connectivity index (χ2v) is 5.48. The predicted octanol–water partition coefficient (Wildman–Crippen LogP) is 2.98. The third kappa shape index (κ3) is 5.13. The largest absolute Gasteiger partial charge is 0.416 e. The maximum Gasteiger partial charge on any atom is 0.416 e. The quantitative estimate of drug-likeness (QED) is 0.805. The molecule has 0 amide bonds. The van der Waals surface area contributed by atoms with Crippen molar-refractivity contribution in [3.05, 3.63) is 35.4 Å². The van der Waals surface area contributed by atoms with Crippen LogP contribution in [0, 0.1) is 0 Å². The van der Waals surface area contributed by atoms with Crippen LogP contribution in [0.1, 0.15) is 30.9 Å².